The predicted octanol–water partition coefficient (Wildman–Crippen LogP) is 0.00230. The van der Waals surface area contributed by atoms with Crippen LogP contribution in [-0.2, 0) is 4.79 Å². The van der Waals surface area contributed by atoms with Gasteiger partial charge in [-0.3, -0.25) is 4.79 Å². The molecule has 0 aromatic rings. The first-order valence-corrected chi connectivity index (χ1v) is 3.80. The van der Waals surface area contributed by atoms with Crippen molar-refractivity contribution in [1.29, 1.82) is 0 Å². The van der Waals surface area contributed by atoms with Crippen LogP contribution in [0.3, 0.4) is 0 Å². The number of nitrogens with two attached hydrogens (primary N) is 1. The molecule has 1 amide bonds. The van der Waals surface area contributed by atoms with Crippen LogP contribution in [0, 0.1) is 0 Å². The van der Waals surface area contributed by atoms with Crippen molar-refractivity contribution in [2.75, 3.05) is 0 Å². The van der Waals surface area contributed by atoms with Crippen LogP contribution in [0.2, 0.25) is 0 Å². The molecule has 1 rings (SSSR count). The molecule has 0 aromatic carbocycles. The highest BCUT2D eigenvalue weighted by Gasteiger charge is 2.20. The number of amides is 1. The largest absolute Gasteiger partial charge is 0.354 e. The van der Waals surface area contributed by atoms with Gasteiger partial charge in [0.15, 0.2) is 0 Å². The van der Waals surface area contributed by atoms with E-state index in [0.29, 0.717) is 0 Å². The van der Waals surface area contributed by atoms with E-state index in [2.05, 4.69) is 5.32 Å². The summed E-state index contributed by atoms with van der Waals surface area (Å²) in [6.45, 7) is 0. The monoisotopic (exact) mass is 142 g/mol. The van der Waals surface area contributed by atoms with Crippen LogP contribution in [0.4, 0.5) is 0 Å². The van der Waals surface area contributed by atoms with Gasteiger partial charge in [0.25, 0.3) is 0 Å². The summed E-state index contributed by atoms with van der Waals surface area (Å²) in [4.78, 5) is 10.1. The van der Waals surface area contributed by atoms with E-state index in [9.17, 15) is 4.79 Å². The summed E-state index contributed by atoms with van der Waals surface area (Å²) in [7, 11) is 0. The third-order valence-corrected chi connectivity index (χ3v) is 2.10. The van der Waals surface area contributed by atoms with Gasteiger partial charge in [-0.1, -0.05) is 12.8 Å². The molecule has 3 N–H and O–H groups in total. The first kappa shape index (κ1) is 7.54. The van der Waals surface area contributed by atoms with Crippen LogP contribution in [-0.4, -0.2) is 18.5 Å². The van der Waals surface area contributed by atoms with Gasteiger partial charge >= 0.3 is 0 Å². The number of hydrogen-bond acceptors (Lipinski definition) is 2. The zero-order chi connectivity index (χ0) is 7.40. The van der Waals surface area contributed by atoms with Gasteiger partial charge in [0.1, 0.15) is 0 Å². The first-order chi connectivity index (χ1) is 4.84. The first-order valence-electron chi connectivity index (χ1n) is 3.80. The van der Waals surface area contributed by atoms with Crippen molar-refractivity contribution < 1.29 is 4.79 Å². The van der Waals surface area contributed by atoms with Crippen LogP contribution in [0.5, 0.6) is 0 Å². The van der Waals surface area contributed by atoms with Crippen molar-refractivity contribution in [2.45, 2.75) is 37.8 Å². The molecule has 1 aliphatic carbocycles. The van der Waals surface area contributed by atoms with E-state index >= 15 is 0 Å². The maximum Gasteiger partial charge on any atom is 0.207 e. The molecular formula is C7H14N2O. The third kappa shape index (κ3) is 1.70. The molecule has 0 saturated heterocycles. The lowest BCUT2D eigenvalue weighted by Gasteiger charge is -2.27. The maximum absolute atomic E-state index is 10.1. The highest BCUT2D eigenvalue weighted by molar-refractivity contribution is 5.46. The fourth-order valence-corrected chi connectivity index (χ4v) is 1.45. The van der Waals surface area contributed by atoms with Crippen molar-refractivity contribution in [2.24, 2.45) is 5.73 Å². The van der Waals surface area contributed by atoms with E-state index in [1.165, 1.54) is 12.8 Å². The number of hydrogen-bond donors (Lipinski definition) is 2. The van der Waals surface area contributed by atoms with Crippen LogP contribution in [0.25, 0.3) is 0 Å². The Morgan fingerprint density at radius 3 is 2.70 bits per heavy atom. The molecule has 3 heteroatoms. The standard InChI is InChI=1S/C7H14N2O/c8-6-3-1-2-4-7(6)9-5-10/h5-7H,1-4,8H2,(H,9,10). The van der Waals surface area contributed by atoms with Gasteiger partial charge in [-0.25, -0.2) is 0 Å². The van der Waals surface area contributed by atoms with Crippen molar-refractivity contribution in [1.82, 2.24) is 5.32 Å². The van der Waals surface area contributed by atoms with Crippen LogP contribution < -0.4 is 11.1 Å². The zero-order valence-corrected chi connectivity index (χ0v) is 6.05. The molecule has 0 bridgehead atoms. The smallest absolute Gasteiger partial charge is 0.207 e. The van der Waals surface area contributed by atoms with Crippen LogP contribution in [0.15, 0.2) is 0 Å². The Morgan fingerprint density at radius 2 is 2.10 bits per heavy atom. The predicted molar refractivity (Wildman–Crippen MR) is 39.4 cm³/mol. The van der Waals surface area contributed by atoms with Crippen molar-refractivity contribution >= 4 is 6.41 Å². The molecule has 1 fully saturated rings. The topological polar surface area (TPSA) is 55.1 Å². The second-order valence-electron chi connectivity index (χ2n) is 2.84. The van der Waals surface area contributed by atoms with E-state index in [1.807, 2.05) is 0 Å². The molecule has 2 unspecified atom stereocenters. The summed E-state index contributed by atoms with van der Waals surface area (Å²) < 4.78 is 0. The van der Waals surface area contributed by atoms with Crippen molar-refractivity contribution in [3.63, 3.8) is 0 Å². The van der Waals surface area contributed by atoms with Crippen LogP contribution in [0.1, 0.15) is 25.7 Å². The van der Waals surface area contributed by atoms with Gasteiger partial charge in [-0.05, 0) is 12.8 Å². The summed E-state index contributed by atoms with van der Waals surface area (Å²) >= 11 is 0. The molecule has 0 aliphatic heterocycles. The Labute approximate surface area is 61.0 Å². The molecular weight excluding hydrogens is 128 g/mol. The lowest BCUT2D eigenvalue weighted by atomic mass is 9.91. The summed E-state index contributed by atoms with van der Waals surface area (Å²) in [5.74, 6) is 0. The minimum Gasteiger partial charge on any atom is -0.354 e. The molecule has 0 heterocycles. The molecule has 0 spiro atoms. The average Bonchev–Trinajstić information content (AvgIpc) is 1.94. The lowest BCUT2D eigenvalue weighted by Crippen LogP contribution is -2.46. The Morgan fingerprint density at radius 1 is 1.40 bits per heavy atom. The number of carbonyl (C=O) groups excluding carboxylic acids is 1. The molecule has 1 saturated carbocycles. The van der Waals surface area contributed by atoms with Gasteiger partial charge < -0.3 is 11.1 Å². The summed E-state index contributed by atoms with van der Waals surface area (Å²) in [5, 5.41) is 2.73. The van der Waals surface area contributed by atoms with Crippen molar-refractivity contribution in [3.05, 3.63) is 0 Å². The fraction of sp³-hybridized carbons (Fsp3) is 0.857. The molecule has 0 radical (unpaired) electrons. The third-order valence-electron chi connectivity index (χ3n) is 2.10. The van der Waals surface area contributed by atoms with Gasteiger partial charge in [0.05, 0.1) is 0 Å². The van der Waals surface area contributed by atoms with E-state index in [0.717, 1.165) is 19.3 Å². The fourth-order valence-electron chi connectivity index (χ4n) is 1.45. The minimum atomic E-state index is 0.180. The normalized spacial score (nSPS) is 33.3. The summed E-state index contributed by atoms with van der Waals surface area (Å²) in [5.41, 5.74) is 5.74. The Hall–Kier alpha value is -0.570. The Balaban J connectivity index is 2.32. The molecule has 0 aromatic heterocycles. The van der Waals surface area contributed by atoms with E-state index in [-0.39, 0.29) is 12.1 Å². The van der Waals surface area contributed by atoms with Gasteiger partial charge in [-0.2, -0.15) is 0 Å². The molecule has 1 aliphatic rings. The van der Waals surface area contributed by atoms with E-state index in [1.54, 1.807) is 0 Å². The van der Waals surface area contributed by atoms with Crippen LogP contribution >= 0.6 is 0 Å². The molecule has 3 nitrogen and oxygen atoms in total. The van der Waals surface area contributed by atoms with Gasteiger partial charge in [0, 0.05) is 12.1 Å². The Kier molecular flexibility index (Phi) is 2.68. The second-order valence-corrected chi connectivity index (χ2v) is 2.84. The Bertz CT molecular complexity index is 116. The average molecular weight is 142 g/mol. The second kappa shape index (κ2) is 3.56. The molecule has 58 valence electrons. The minimum absolute atomic E-state index is 0.180. The van der Waals surface area contributed by atoms with E-state index in [4.69, 9.17) is 5.73 Å². The highest BCUT2D eigenvalue weighted by Crippen LogP contribution is 2.15. The van der Waals surface area contributed by atoms with E-state index < -0.39 is 0 Å². The lowest BCUT2D eigenvalue weighted by molar-refractivity contribution is -0.110. The quantitative estimate of drug-likeness (QED) is 0.533. The summed E-state index contributed by atoms with van der Waals surface area (Å²) in [6, 6.07) is 0.408. The summed E-state index contributed by atoms with van der Waals surface area (Å²) in [6.07, 6.45) is 5.23. The molecule has 2 atom stereocenters. The highest BCUT2D eigenvalue weighted by atomic mass is 16.1. The SMILES string of the molecule is NC1CCCCC1NC=O. The molecule has 10 heavy (non-hydrogen) atoms. The van der Waals surface area contributed by atoms with Crippen molar-refractivity contribution in [3.8, 4) is 0 Å². The van der Waals surface area contributed by atoms with Gasteiger partial charge in [-0.15, -0.1) is 0 Å². The number of nitrogens with one attached hydrogen (secondary N) is 1. The maximum atomic E-state index is 10.1. The number of carbonyl (C=O) groups is 1. The van der Waals surface area contributed by atoms with Gasteiger partial charge in [0.2, 0.25) is 6.41 Å². The number of rotatable bonds is 2. The zero-order valence-electron chi connectivity index (χ0n) is 6.05.